The molecular formula is C47H91NO5S. The van der Waals surface area contributed by atoms with Crippen LogP contribution in [0.15, 0.2) is 24.3 Å². The highest BCUT2D eigenvalue weighted by molar-refractivity contribution is 7.85. The van der Waals surface area contributed by atoms with Crippen LogP contribution in [0.5, 0.6) is 0 Å². The molecule has 7 heteroatoms. The van der Waals surface area contributed by atoms with E-state index in [9.17, 15) is 22.9 Å². The molecule has 0 saturated carbocycles. The Morgan fingerprint density at radius 1 is 0.481 bits per heavy atom. The second-order valence-corrected chi connectivity index (χ2v) is 17.9. The van der Waals surface area contributed by atoms with Gasteiger partial charge >= 0.3 is 0 Å². The zero-order chi connectivity index (χ0) is 39.6. The van der Waals surface area contributed by atoms with Gasteiger partial charge < -0.3 is 10.4 Å². The van der Waals surface area contributed by atoms with Gasteiger partial charge in [-0.1, -0.05) is 237 Å². The van der Waals surface area contributed by atoms with E-state index in [2.05, 4.69) is 31.3 Å². The number of allylic oxidation sites excluding steroid dienone is 3. The van der Waals surface area contributed by atoms with Crippen LogP contribution in [0, 0.1) is 0 Å². The predicted octanol–water partition coefficient (Wildman–Crippen LogP) is 14.3. The summed E-state index contributed by atoms with van der Waals surface area (Å²) in [6.45, 7) is 4.55. The number of aliphatic hydroxyl groups is 1. The molecule has 6 nitrogen and oxygen atoms in total. The van der Waals surface area contributed by atoms with Gasteiger partial charge in [-0.3, -0.25) is 9.35 Å². The molecular weight excluding hydrogens is 691 g/mol. The third-order valence-electron chi connectivity index (χ3n) is 10.9. The van der Waals surface area contributed by atoms with Crippen LogP contribution in [0.3, 0.4) is 0 Å². The van der Waals surface area contributed by atoms with Crippen LogP contribution in [-0.2, 0) is 14.9 Å². The lowest BCUT2D eigenvalue weighted by molar-refractivity contribution is -0.122. The van der Waals surface area contributed by atoms with Crippen LogP contribution in [0.1, 0.15) is 251 Å². The van der Waals surface area contributed by atoms with Crippen molar-refractivity contribution in [2.75, 3.05) is 5.75 Å². The Hall–Kier alpha value is -1.18. The number of unbranched alkanes of at least 4 members (excludes halogenated alkanes) is 33. The Kier molecular flexibility index (Phi) is 40.5. The highest BCUT2D eigenvalue weighted by atomic mass is 32.2. The summed E-state index contributed by atoms with van der Waals surface area (Å²) in [5, 5.41) is 13.3. The fourth-order valence-electron chi connectivity index (χ4n) is 7.35. The van der Waals surface area contributed by atoms with Crippen molar-refractivity contribution in [3.8, 4) is 0 Å². The normalized spacial score (nSPS) is 13.3. The maximum absolute atomic E-state index is 12.6. The summed E-state index contributed by atoms with van der Waals surface area (Å²) in [6, 6.07) is -1.07. The van der Waals surface area contributed by atoms with E-state index in [1.165, 1.54) is 199 Å². The molecule has 0 aliphatic rings. The lowest BCUT2D eigenvalue weighted by Crippen LogP contribution is -2.46. The third-order valence-corrected chi connectivity index (χ3v) is 11.7. The van der Waals surface area contributed by atoms with Crippen molar-refractivity contribution in [1.82, 2.24) is 5.32 Å². The summed E-state index contributed by atoms with van der Waals surface area (Å²) < 4.78 is 32.6. The standard InChI is InChI=1S/C47H91NO5S/c1-3-5-7-9-11-13-15-17-19-21-23-24-25-27-29-31-33-35-37-39-41-43-47(50)48-45(44-54(51,52)53)46(49)42-40-38-36-34-32-30-28-26-22-20-18-16-14-12-10-8-6-4-2/h32,34,40,42,45-46,49H,3-31,33,35-39,41,43-44H2,1-2H3,(H,48,50)(H,51,52,53)/b34-32+,42-40+. The van der Waals surface area contributed by atoms with E-state index in [0.29, 0.717) is 6.42 Å². The summed E-state index contributed by atoms with van der Waals surface area (Å²) in [4.78, 5) is 12.6. The van der Waals surface area contributed by atoms with Gasteiger partial charge in [0, 0.05) is 6.42 Å². The molecule has 0 aliphatic heterocycles. The largest absolute Gasteiger partial charge is 0.387 e. The molecule has 0 fully saturated rings. The Balaban J connectivity index is 3.84. The molecule has 0 aromatic carbocycles. The SMILES string of the molecule is CCCCCCCCCCCCCC/C=C/CC/C=C/C(O)C(CS(=O)(=O)O)NC(=O)CCCCCCCCCCCCCCCCCCCCCCC. The number of carbonyl (C=O) groups excluding carboxylic acids is 1. The van der Waals surface area contributed by atoms with Crippen molar-refractivity contribution in [2.45, 2.75) is 264 Å². The van der Waals surface area contributed by atoms with E-state index >= 15 is 0 Å². The molecule has 54 heavy (non-hydrogen) atoms. The number of amides is 1. The van der Waals surface area contributed by atoms with Gasteiger partial charge in [0.15, 0.2) is 0 Å². The lowest BCUT2D eigenvalue weighted by Gasteiger charge is -2.21. The molecule has 0 rings (SSSR count). The van der Waals surface area contributed by atoms with Crippen LogP contribution in [0.2, 0.25) is 0 Å². The maximum Gasteiger partial charge on any atom is 0.267 e. The minimum absolute atomic E-state index is 0.283. The molecule has 2 unspecified atom stereocenters. The van der Waals surface area contributed by atoms with Gasteiger partial charge in [0.25, 0.3) is 10.1 Å². The Morgan fingerprint density at radius 3 is 1.17 bits per heavy atom. The van der Waals surface area contributed by atoms with Crippen LogP contribution < -0.4 is 5.32 Å². The van der Waals surface area contributed by atoms with Gasteiger partial charge in [-0.2, -0.15) is 8.42 Å². The minimum Gasteiger partial charge on any atom is -0.387 e. The quantitative estimate of drug-likeness (QED) is 0.0325. The second kappa shape index (κ2) is 41.5. The smallest absolute Gasteiger partial charge is 0.267 e. The Labute approximate surface area is 336 Å². The molecule has 1 amide bonds. The highest BCUT2D eigenvalue weighted by Crippen LogP contribution is 2.16. The summed E-state index contributed by atoms with van der Waals surface area (Å²) in [6.07, 6.45) is 53.2. The van der Waals surface area contributed by atoms with Crippen LogP contribution in [0.4, 0.5) is 0 Å². The van der Waals surface area contributed by atoms with E-state index in [-0.39, 0.29) is 5.91 Å². The summed E-state index contributed by atoms with van der Waals surface area (Å²) in [5.41, 5.74) is 0. The molecule has 2 atom stereocenters. The van der Waals surface area contributed by atoms with Crippen LogP contribution in [0.25, 0.3) is 0 Å². The molecule has 320 valence electrons. The number of rotatable bonds is 43. The first-order valence-corrected chi connectivity index (χ1v) is 25.1. The van der Waals surface area contributed by atoms with Gasteiger partial charge in [-0.25, -0.2) is 0 Å². The molecule has 0 spiro atoms. The summed E-state index contributed by atoms with van der Waals surface area (Å²) in [7, 11) is -4.35. The predicted molar refractivity (Wildman–Crippen MR) is 235 cm³/mol. The van der Waals surface area contributed by atoms with Gasteiger partial charge in [0.2, 0.25) is 5.91 Å². The first kappa shape index (κ1) is 52.8. The molecule has 3 N–H and O–H groups in total. The van der Waals surface area contributed by atoms with Crippen LogP contribution in [-0.4, -0.2) is 41.9 Å². The average Bonchev–Trinajstić information content (AvgIpc) is 3.14. The Morgan fingerprint density at radius 2 is 0.796 bits per heavy atom. The van der Waals surface area contributed by atoms with E-state index in [1.807, 2.05) is 6.08 Å². The number of hydrogen-bond acceptors (Lipinski definition) is 4. The zero-order valence-corrected chi connectivity index (χ0v) is 36.7. The molecule has 0 aromatic heterocycles. The van der Waals surface area contributed by atoms with Crippen molar-refractivity contribution in [3.05, 3.63) is 24.3 Å². The fraction of sp³-hybridized carbons (Fsp3) is 0.894. The van der Waals surface area contributed by atoms with Crippen molar-refractivity contribution < 1.29 is 22.9 Å². The zero-order valence-electron chi connectivity index (χ0n) is 35.9. The number of carbonyl (C=O) groups is 1. The third kappa shape index (κ3) is 42.0. The van der Waals surface area contributed by atoms with Crippen molar-refractivity contribution in [1.29, 1.82) is 0 Å². The molecule has 0 saturated heterocycles. The molecule has 0 aromatic rings. The highest BCUT2D eigenvalue weighted by Gasteiger charge is 2.24. The topological polar surface area (TPSA) is 104 Å². The average molecular weight is 782 g/mol. The summed E-state index contributed by atoms with van der Waals surface area (Å²) >= 11 is 0. The van der Waals surface area contributed by atoms with Gasteiger partial charge in [0.1, 0.15) is 0 Å². The van der Waals surface area contributed by atoms with Gasteiger partial charge in [-0.05, 0) is 32.1 Å². The van der Waals surface area contributed by atoms with Crippen molar-refractivity contribution in [2.24, 2.45) is 0 Å². The molecule has 0 radical (unpaired) electrons. The second-order valence-electron chi connectivity index (χ2n) is 16.4. The van der Waals surface area contributed by atoms with E-state index in [4.69, 9.17) is 0 Å². The van der Waals surface area contributed by atoms with Crippen molar-refractivity contribution in [3.63, 3.8) is 0 Å². The number of aliphatic hydroxyl groups excluding tert-OH is 1. The number of hydrogen-bond donors (Lipinski definition) is 3. The van der Waals surface area contributed by atoms with Crippen molar-refractivity contribution >= 4 is 16.0 Å². The van der Waals surface area contributed by atoms with E-state index in [1.54, 1.807) is 0 Å². The maximum atomic E-state index is 12.6. The number of nitrogens with one attached hydrogen (secondary N) is 1. The molecule has 0 bridgehead atoms. The first-order chi connectivity index (χ1) is 26.3. The molecule has 0 aliphatic carbocycles. The van der Waals surface area contributed by atoms with Gasteiger partial charge in [-0.15, -0.1) is 0 Å². The van der Waals surface area contributed by atoms with Crippen LogP contribution >= 0.6 is 0 Å². The fourth-order valence-corrected chi connectivity index (χ4v) is 8.08. The lowest BCUT2D eigenvalue weighted by atomic mass is 10.0. The molecule has 0 heterocycles. The van der Waals surface area contributed by atoms with E-state index < -0.39 is 28.0 Å². The monoisotopic (exact) mass is 782 g/mol. The first-order valence-electron chi connectivity index (χ1n) is 23.5. The minimum atomic E-state index is -4.35. The Bertz CT molecular complexity index is 950. The van der Waals surface area contributed by atoms with Gasteiger partial charge in [0.05, 0.1) is 17.9 Å². The van der Waals surface area contributed by atoms with E-state index in [0.717, 1.165) is 38.5 Å². The summed E-state index contributed by atoms with van der Waals surface area (Å²) in [5.74, 6) is -0.989.